The van der Waals surface area contributed by atoms with Gasteiger partial charge in [-0.1, -0.05) is 0 Å². The molecule has 1 rings (SSSR count). The molecule has 1 amide bonds. The van der Waals surface area contributed by atoms with Crippen molar-refractivity contribution in [3.05, 3.63) is 23.8 Å². The van der Waals surface area contributed by atoms with Crippen molar-refractivity contribution < 1.29 is 24.5 Å². The first kappa shape index (κ1) is 14.8. The van der Waals surface area contributed by atoms with E-state index in [1.165, 1.54) is 24.1 Å². The molecule has 0 aliphatic heterocycles. The molecule has 0 bridgehead atoms. The van der Waals surface area contributed by atoms with Gasteiger partial charge in [0.05, 0.1) is 7.11 Å². The predicted molar refractivity (Wildman–Crippen MR) is 68.5 cm³/mol. The number of amides is 1. The molecule has 0 radical (unpaired) electrons. The fourth-order valence-electron chi connectivity index (χ4n) is 1.61. The molecule has 2 N–H and O–H groups in total. The fourth-order valence-corrected chi connectivity index (χ4v) is 1.61. The van der Waals surface area contributed by atoms with Crippen LogP contribution in [0.5, 0.6) is 11.5 Å². The van der Waals surface area contributed by atoms with Crippen molar-refractivity contribution in [3.8, 4) is 11.5 Å². The highest BCUT2D eigenvalue weighted by molar-refractivity contribution is 5.94. The predicted octanol–water partition coefficient (Wildman–Crippen LogP) is 1.34. The molecule has 6 nitrogen and oxygen atoms in total. The highest BCUT2D eigenvalue weighted by Crippen LogP contribution is 2.26. The molecule has 0 aliphatic carbocycles. The van der Waals surface area contributed by atoms with Crippen LogP contribution in [-0.4, -0.2) is 47.7 Å². The van der Waals surface area contributed by atoms with Crippen LogP contribution in [0, 0.1) is 0 Å². The number of nitrogens with zero attached hydrogens (tertiary/aromatic N) is 1. The number of benzene rings is 1. The number of hydrogen-bond acceptors (Lipinski definition) is 4. The van der Waals surface area contributed by atoms with Crippen molar-refractivity contribution in [2.75, 3.05) is 20.7 Å². The van der Waals surface area contributed by atoms with E-state index in [4.69, 9.17) is 9.84 Å². The normalized spacial score (nSPS) is 10.0. The minimum Gasteiger partial charge on any atom is -0.504 e. The molecule has 104 valence electrons. The summed E-state index contributed by atoms with van der Waals surface area (Å²) in [5.41, 5.74) is 0.330. The average Bonchev–Trinajstić information content (AvgIpc) is 2.37. The highest BCUT2D eigenvalue weighted by Gasteiger charge is 2.14. The Morgan fingerprint density at radius 2 is 2.05 bits per heavy atom. The zero-order valence-electron chi connectivity index (χ0n) is 10.9. The number of rotatable bonds is 6. The third-order valence-corrected chi connectivity index (χ3v) is 2.66. The van der Waals surface area contributed by atoms with Crippen molar-refractivity contribution in [1.29, 1.82) is 0 Å². The van der Waals surface area contributed by atoms with Crippen molar-refractivity contribution >= 4 is 11.9 Å². The van der Waals surface area contributed by atoms with Crippen molar-refractivity contribution in [3.63, 3.8) is 0 Å². The lowest BCUT2D eigenvalue weighted by Crippen LogP contribution is -2.28. The molecule has 6 heteroatoms. The van der Waals surface area contributed by atoms with Gasteiger partial charge in [-0.05, 0) is 24.6 Å². The minimum absolute atomic E-state index is 0.0193. The number of aliphatic carboxylic acids is 1. The van der Waals surface area contributed by atoms with Gasteiger partial charge in [0.2, 0.25) is 0 Å². The van der Waals surface area contributed by atoms with E-state index in [0.29, 0.717) is 24.3 Å². The van der Waals surface area contributed by atoms with Gasteiger partial charge in [-0.3, -0.25) is 9.59 Å². The van der Waals surface area contributed by atoms with Gasteiger partial charge in [-0.15, -0.1) is 0 Å². The minimum atomic E-state index is -0.886. The number of carbonyl (C=O) groups excluding carboxylic acids is 1. The molecule has 0 unspecified atom stereocenters. The third kappa shape index (κ3) is 4.17. The van der Waals surface area contributed by atoms with Gasteiger partial charge in [0.1, 0.15) is 0 Å². The number of hydrogen-bond donors (Lipinski definition) is 2. The van der Waals surface area contributed by atoms with Gasteiger partial charge in [0.15, 0.2) is 11.5 Å². The van der Waals surface area contributed by atoms with E-state index < -0.39 is 5.97 Å². The molecular formula is C13H17NO5. The summed E-state index contributed by atoms with van der Waals surface area (Å²) in [6.45, 7) is 0.345. The Balaban J connectivity index is 2.66. The number of aromatic hydroxyl groups is 1. The lowest BCUT2D eigenvalue weighted by atomic mass is 10.1. The number of carboxylic acids is 1. The Labute approximate surface area is 111 Å². The molecule has 0 heterocycles. The van der Waals surface area contributed by atoms with Gasteiger partial charge >= 0.3 is 5.97 Å². The van der Waals surface area contributed by atoms with Crippen LogP contribution in [0.3, 0.4) is 0 Å². The lowest BCUT2D eigenvalue weighted by molar-refractivity contribution is -0.137. The summed E-state index contributed by atoms with van der Waals surface area (Å²) in [6.07, 6.45) is 0.408. The summed E-state index contributed by atoms with van der Waals surface area (Å²) < 4.78 is 4.89. The molecule has 0 spiro atoms. The molecular weight excluding hydrogens is 250 g/mol. The second-order valence-corrected chi connectivity index (χ2v) is 4.11. The maximum Gasteiger partial charge on any atom is 0.303 e. The Bertz CT molecular complexity index is 472. The molecule has 1 aromatic rings. The van der Waals surface area contributed by atoms with Crippen LogP contribution < -0.4 is 4.74 Å². The third-order valence-electron chi connectivity index (χ3n) is 2.66. The summed E-state index contributed by atoms with van der Waals surface area (Å²) in [5, 5.41) is 18.1. The zero-order chi connectivity index (χ0) is 14.4. The maximum atomic E-state index is 12.0. The molecule has 0 saturated heterocycles. The van der Waals surface area contributed by atoms with Crippen LogP contribution in [0.1, 0.15) is 23.2 Å². The summed E-state index contributed by atoms with van der Waals surface area (Å²) in [4.78, 5) is 23.8. The van der Waals surface area contributed by atoms with Gasteiger partial charge in [0.25, 0.3) is 5.91 Å². The van der Waals surface area contributed by atoms with E-state index in [9.17, 15) is 14.7 Å². The van der Waals surface area contributed by atoms with Gasteiger partial charge in [-0.2, -0.15) is 0 Å². The first-order valence-electron chi connectivity index (χ1n) is 5.80. The first-order chi connectivity index (χ1) is 8.95. The monoisotopic (exact) mass is 267 g/mol. The van der Waals surface area contributed by atoms with Crippen LogP contribution in [0.25, 0.3) is 0 Å². The Hall–Kier alpha value is -2.24. The van der Waals surface area contributed by atoms with Crippen LogP contribution in [0.2, 0.25) is 0 Å². The number of carboxylic acid groups (broad SMARTS) is 1. The Morgan fingerprint density at radius 1 is 1.37 bits per heavy atom. The van der Waals surface area contributed by atoms with Crippen LogP contribution in [0.4, 0.5) is 0 Å². The molecule has 0 fully saturated rings. The van der Waals surface area contributed by atoms with E-state index >= 15 is 0 Å². The van der Waals surface area contributed by atoms with E-state index in [-0.39, 0.29) is 18.1 Å². The standard InChI is InChI=1S/C13H17NO5/c1-14(7-3-4-12(16)17)13(18)9-5-6-11(19-2)10(15)8-9/h5-6,8,15H,3-4,7H2,1-2H3,(H,16,17). The molecule has 19 heavy (non-hydrogen) atoms. The van der Waals surface area contributed by atoms with E-state index in [2.05, 4.69) is 0 Å². The SMILES string of the molecule is COc1ccc(C(=O)N(C)CCCC(=O)O)cc1O. The molecule has 1 aromatic carbocycles. The van der Waals surface area contributed by atoms with Crippen LogP contribution in [-0.2, 0) is 4.79 Å². The molecule has 0 aliphatic rings. The smallest absolute Gasteiger partial charge is 0.303 e. The van der Waals surface area contributed by atoms with Crippen molar-refractivity contribution in [1.82, 2.24) is 4.90 Å². The van der Waals surface area contributed by atoms with E-state index in [0.717, 1.165) is 0 Å². The number of methoxy groups -OCH3 is 1. The molecule has 0 atom stereocenters. The summed E-state index contributed by atoms with van der Waals surface area (Å²) >= 11 is 0. The van der Waals surface area contributed by atoms with Gasteiger partial charge in [-0.25, -0.2) is 0 Å². The van der Waals surface area contributed by atoms with E-state index in [1.54, 1.807) is 13.1 Å². The Kier molecular flexibility index (Phi) is 5.17. The van der Waals surface area contributed by atoms with Gasteiger partial charge < -0.3 is 19.8 Å². The van der Waals surface area contributed by atoms with Crippen molar-refractivity contribution in [2.24, 2.45) is 0 Å². The second-order valence-electron chi connectivity index (χ2n) is 4.11. The van der Waals surface area contributed by atoms with Gasteiger partial charge in [0, 0.05) is 25.6 Å². The fraction of sp³-hybridized carbons (Fsp3) is 0.385. The molecule has 0 aromatic heterocycles. The molecule has 0 saturated carbocycles. The first-order valence-corrected chi connectivity index (χ1v) is 5.80. The Morgan fingerprint density at radius 3 is 2.58 bits per heavy atom. The topological polar surface area (TPSA) is 87.1 Å². The lowest BCUT2D eigenvalue weighted by Gasteiger charge is -2.17. The number of ether oxygens (including phenoxy) is 1. The number of phenols is 1. The van der Waals surface area contributed by atoms with E-state index in [1.807, 2.05) is 0 Å². The second kappa shape index (κ2) is 6.63. The van der Waals surface area contributed by atoms with Crippen molar-refractivity contribution in [2.45, 2.75) is 12.8 Å². The van der Waals surface area contributed by atoms with Crippen LogP contribution >= 0.6 is 0 Å². The number of carbonyl (C=O) groups is 2. The largest absolute Gasteiger partial charge is 0.504 e. The number of phenolic OH excluding ortho intramolecular Hbond substituents is 1. The summed E-state index contributed by atoms with van der Waals surface area (Å²) in [7, 11) is 3.01. The zero-order valence-corrected chi connectivity index (χ0v) is 10.9. The van der Waals surface area contributed by atoms with Crippen LogP contribution in [0.15, 0.2) is 18.2 Å². The maximum absolute atomic E-state index is 12.0. The highest BCUT2D eigenvalue weighted by atomic mass is 16.5. The summed E-state index contributed by atoms with van der Waals surface area (Å²) in [5.74, 6) is -0.969. The average molecular weight is 267 g/mol. The quantitative estimate of drug-likeness (QED) is 0.812. The summed E-state index contributed by atoms with van der Waals surface area (Å²) in [6, 6.07) is 4.39.